The van der Waals surface area contributed by atoms with Crippen LogP contribution in [-0.2, 0) is 5.41 Å². The van der Waals surface area contributed by atoms with Crippen LogP contribution in [0.2, 0.25) is 0 Å². The number of hydrogen-bond donors (Lipinski definition) is 0. The van der Waals surface area contributed by atoms with E-state index in [0.717, 1.165) is 16.6 Å². The van der Waals surface area contributed by atoms with Gasteiger partial charge in [-0.05, 0) is 24.0 Å². The molecular weight excluding hydrogens is 408 g/mol. The molecule has 0 aliphatic rings. The van der Waals surface area contributed by atoms with E-state index in [-0.39, 0.29) is 5.41 Å². The summed E-state index contributed by atoms with van der Waals surface area (Å²) in [4.78, 5) is 0. The van der Waals surface area contributed by atoms with Crippen LogP contribution < -0.4 is 0 Å². The number of alkyl halides is 2. The summed E-state index contributed by atoms with van der Waals surface area (Å²) in [6.45, 7) is 4.59. The molecular formula is C14H19Br3. The van der Waals surface area contributed by atoms with Crippen LogP contribution in [0.15, 0.2) is 28.7 Å². The van der Waals surface area contributed by atoms with E-state index < -0.39 is 0 Å². The van der Waals surface area contributed by atoms with Gasteiger partial charge in [0.25, 0.3) is 0 Å². The summed E-state index contributed by atoms with van der Waals surface area (Å²) in [5.74, 6) is 0.734. The highest BCUT2D eigenvalue weighted by Crippen LogP contribution is 2.39. The van der Waals surface area contributed by atoms with Gasteiger partial charge in [-0.3, -0.25) is 0 Å². The average molecular weight is 427 g/mol. The first-order valence-corrected chi connectivity index (χ1v) is 9.00. The molecule has 0 N–H and O–H groups in total. The van der Waals surface area contributed by atoms with E-state index in [2.05, 4.69) is 85.9 Å². The predicted molar refractivity (Wildman–Crippen MR) is 87.5 cm³/mol. The van der Waals surface area contributed by atoms with Crippen LogP contribution in [0.5, 0.6) is 0 Å². The lowest BCUT2D eigenvalue weighted by Crippen LogP contribution is -2.32. The van der Waals surface area contributed by atoms with Gasteiger partial charge in [0, 0.05) is 20.5 Å². The minimum atomic E-state index is 0.176. The van der Waals surface area contributed by atoms with Crippen molar-refractivity contribution in [2.24, 2.45) is 5.92 Å². The fourth-order valence-electron chi connectivity index (χ4n) is 2.10. The molecule has 0 fully saturated rings. The number of hydrogen-bond acceptors (Lipinski definition) is 0. The highest BCUT2D eigenvalue weighted by Gasteiger charge is 2.32. The maximum absolute atomic E-state index is 3.71. The molecule has 0 aromatic heterocycles. The molecule has 1 unspecified atom stereocenters. The van der Waals surface area contributed by atoms with Crippen LogP contribution >= 0.6 is 47.8 Å². The molecule has 0 spiro atoms. The number of halogens is 3. The molecule has 0 nitrogen and oxygen atoms in total. The van der Waals surface area contributed by atoms with Crippen molar-refractivity contribution < 1.29 is 0 Å². The zero-order valence-electron chi connectivity index (χ0n) is 10.3. The smallest absolute Gasteiger partial charge is 0.0213 e. The Hall–Kier alpha value is 0.660. The number of rotatable bonds is 6. The Bertz CT molecular complexity index is 345. The predicted octanol–water partition coefficient (Wildman–Crippen LogP) is 5.91. The van der Waals surface area contributed by atoms with E-state index in [0.29, 0.717) is 0 Å². The minimum Gasteiger partial charge on any atom is -0.0918 e. The standard InChI is InChI=1S/C14H19Br3/c1-3-11(2)8-14(9-15,10-16)12-6-4-5-7-13(12)17/h4-7,11H,3,8-10H2,1-2H3. The van der Waals surface area contributed by atoms with E-state index in [4.69, 9.17) is 0 Å². The fourth-order valence-corrected chi connectivity index (χ4v) is 4.80. The Kier molecular flexibility index (Phi) is 6.75. The zero-order chi connectivity index (χ0) is 12.9. The van der Waals surface area contributed by atoms with Gasteiger partial charge in [-0.1, -0.05) is 86.3 Å². The van der Waals surface area contributed by atoms with E-state index in [1.807, 2.05) is 0 Å². The normalized spacial score (nSPS) is 13.7. The summed E-state index contributed by atoms with van der Waals surface area (Å²) in [5.41, 5.74) is 1.57. The summed E-state index contributed by atoms with van der Waals surface area (Å²) in [5, 5.41) is 1.97. The van der Waals surface area contributed by atoms with Crippen molar-refractivity contribution in [2.75, 3.05) is 10.7 Å². The van der Waals surface area contributed by atoms with Gasteiger partial charge in [-0.15, -0.1) is 0 Å². The van der Waals surface area contributed by atoms with E-state index >= 15 is 0 Å². The van der Waals surface area contributed by atoms with Crippen molar-refractivity contribution in [1.29, 1.82) is 0 Å². The molecule has 1 aromatic rings. The molecule has 0 saturated carbocycles. The third-order valence-electron chi connectivity index (χ3n) is 3.39. The van der Waals surface area contributed by atoms with Crippen molar-refractivity contribution in [3.05, 3.63) is 34.3 Å². The van der Waals surface area contributed by atoms with Crippen LogP contribution in [0.25, 0.3) is 0 Å². The summed E-state index contributed by atoms with van der Waals surface area (Å²) in [6.07, 6.45) is 2.43. The van der Waals surface area contributed by atoms with Gasteiger partial charge in [0.15, 0.2) is 0 Å². The maximum Gasteiger partial charge on any atom is 0.0213 e. The van der Waals surface area contributed by atoms with Crippen molar-refractivity contribution in [3.63, 3.8) is 0 Å². The third-order valence-corrected chi connectivity index (χ3v) is 6.23. The van der Waals surface area contributed by atoms with Crippen molar-refractivity contribution in [2.45, 2.75) is 32.1 Å². The first-order valence-electron chi connectivity index (χ1n) is 5.96. The Balaban J connectivity index is 3.11. The molecule has 1 rings (SSSR count). The fraction of sp³-hybridized carbons (Fsp3) is 0.571. The lowest BCUT2D eigenvalue weighted by atomic mass is 9.77. The third kappa shape index (κ3) is 3.81. The van der Waals surface area contributed by atoms with Gasteiger partial charge in [-0.25, -0.2) is 0 Å². The van der Waals surface area contributed by atoms with Gasteiger partial charge >= 0.3 is 0 Å². The first-order chi connectivity index (χ1) is 8.09. The van der Waals surface area contributed by atoms with Crippen molar-refractivity contribution >= 4 is 47.8 Å². The Morgan fingerprint density at radius 1 is 1.18 bits per heavy atom. The SMILES string of the molecule is CCC(C)CC(CBr)(CBr)c1ccccc1Br. The molecule has 1 aromatic carbocycles. The molecule has 0 aliphatic heterocycles. The maximum atomic E-state index is 3.71. The monoisotopic (exact) mass is 424 g/mol. The quantitative estimate of drug-likeness (QED) is 0.496. The second-order valence-corrected chi connectivity index (χ2v) is 6.72. The molecule has 0 heterocycles. The molecule has 0 radical (unpaired) electrons. The van der Waals surface area contributed by atoms with Gasteiger partial charge in [0.2, 0.25) is 0 Å². The largest absolute Gasteiger partial charge is 0.0918 e. The first kappa shape index (κ1) is 15.7. The molecule has 0 bridgehead atoms. The van der Waals surface area contributed by atoms with Crippen LogP contribution in [0, 0.1) is 5.92 Å². The van der Waals surface area contributed by atoms with E-state index in [1.165, 1.54) is 22.9 Å². The second kappa shape index (κ2) is 7.30. The Labute approximate surface area is 130 Å². The lowest BCUT2D eigenvalue weighted by molar-refractivity contribution is 0.385. The Morgan fingerprint density at radius 3 is 2.24 bits per heavy atom. The molecule has 0 amide bonds. The molecule has 17 heavy (non-hydrogen) atoms. The van der Waals surface area contributed by atoms with E-state index in [9.17, 15) is 0 Å². The summed E-state index contributed by atoms with van der Waals surface area (Å²) < 4.78 is 1.21. The highest BCUT2D eigenvalue weighted by atomic mass is 79.9. The molecule has 0 saturated heterocycles. The molecule has 96 valence electrons. The molecule has 1 atom stereocenters. The zero-order valence-corrected chi connectivity index (χ0v) is 15.1. The van der Waals surface area contributed by atoms with Crippen molar-refractivity contribution in [1.82, 2.24) is 0 Å². The second-order valence-electron chi connectivity index (χ2n) is 4.74. The van der Waals surface area contributed by atoms with Crippen LogP contribution in [0.1, 0.15) is 32.3 Å². The molecule has 0 aliphatic carbocycles. The van der Waals surface area contributed by atoms with Gasteiger partial charge < -0.3 is 0 Å². The summed E-state index contributed by atoms with van der Waals surface area (Å²) in [7, 11) is 0. The van der Waals surface area contributed by atoms with Crippen LogP contribution in [0.3, 0.4) is 0 Å². The average Bonchev–Trinajstić information content (AvgIpc) is 2.36. The minimum absolute atomic E-state index is 0.176. The summed E-state index contributed by atoms with van der Waals surface area (Å²) >= 11 is 11.1. The molecule has 3 heteroatoms. The number of benzene rings is 1. The van der Waals surface area contributed by atoms with Gasteiger partial charge in [0.1, 0.15) is 0 Å². The van der Waals surface area contributed by atoms with Crippen molar-refractivity contribution in [3.8, 4) is 0 Å². The summed E-state index contributed by atoms with van der Waals surface area (Å²) in [6, 6.07) is 8.56. The van der Waals surface area contributed by atoms with Gasteiger partial charge in [0.05, 0.1) is 0 Å². The lowest BCUT2D eigenvalue weighted by Gasteiger charge is -2.34. The topological polar surface area (TPSA) is 0 Å². The highest BCUT2D eigenvalue weighted by molar-refractivity contribution is 9.10. The van der Waals surface area contributed by atoms with Crippen LogP contribution in [0.4, 0.5) is 0 Å². The Morgan fingerprint density at radius 2 is 1.76 bits per heavy atom. The van der Waals surface area contributed by atoms with E-state index in [1.54, 1.807) is 0 Å². The van der Waals surface area contributed by atoms with Crippen LogP contribution in [-0.4, -0.2) is 10.7 Å². The van der Waals surface area contributed by atoms with Gasteiger partial charge in [-0.2, -0.15) is 0 Å².